The molecule has 1 N–H and O–H groups in total. The topological polar surface area (TPSA) is 79.7 Å². The molecule has 0 radical (unpaired) electrons. The van der Waals surface area contributed by atoms with E-state index in [0.717, 1.165) is 11.1 Å². The highest BCUT2D eigenvalue weighted by Gasteiger charge is 2.34. The first-order valence-corrected chi connectivity index (χ1v) is 10.5. The quantitative estimate of drug-likeness (QED) is 0.849. The molecule has 0 spiro atoms. The van der Waals surface area contributed by atoms with Crippen LogP contribution in [0.25, 0.3) is 0 Å². The van der Waals surface area contributed by atoms with Crippen LogP contribution < -0.4 is 4.74 Å². The molecule has 2 aromatic rings. The Morgan fingerprint density at radius 1 is 1.19 bits per heavy atom. The molecule has 0 saturated carbocycles. The van der Waals surface area contributed by atoms with Crippen molar-refractivity contribution in [2.75, 3.05) is 20.2 Å². The Labute approximate surface area is 160 Å². The molecule has 1 aromatic heterocycles. The Hall–Kier alpha value is -1.96. The summed E-state index contributed by atoms with van der Waals surface area (Å²) in [4.78, 5) is 4.42. The van der Waals surface area contributed by atoms with Gasteiger partial charge in [-0.15, -0.1) is 0 Å². The Kier molecular flexibility index (Phi) is 5.83. The Morgan fingerprint density at radius 2 is 1.85 bits per heavy atom. The van der Waals surface area contributed by atoms with E-state index < -0.39 is 16.1 Å². The minimum Gasteiger partial charge on any atom is -0.495 e. The summed E-state index contributed by atoms with van der Waals surface area (Å²) >= 11 is 0. The fraction of sp³-hybridized carbons (Fsp3) is 0.450. The zero-order valence-electron chi connectivity index (χ0n) is 15.9. The molecule has 7 heteroatoms. The predicted octanol–water partition coefficient (Wildman–Crippen LogP) is 2.84. The second-order valence-corrected chi connectivity index (χ2v) is 8.93. The zero-order chi connectivity index (χ0) is 19.6. The van der Waals surface area contributed by atoms with Crippen molar-refractivity contribution in [3.63, 3.8) is 0 Å². The molecule has 3 rings (SSSR count). The lowest BCUT2D eigenvalue weighted by Crippen LogP contribution is -2.40. The molecule has 1 fully saturated rings. The molecule has 2 heterocycles. The van der Waals surface area contributed by atoms with Crippen molar-refractivity contribution >= 4 is 10.0 Å². The van der Waals surface area contributed by atoms with Gasteiger partial charge in [0.25, 0.3) is 0 Å². The molecule has 0 aliphatic carbocycles. The molecule has 1 atom stereocenters. The number of rotatable bonds is 5. The second kappa shape index (κ2) is 7.96. The summed E-state index contributed by atoms with van der Waals surface area (Å²) in [6.45, 7) is 4.56. The Morgan fingerprint density at radius 3 is 2.44 bits per heavy atom. The molecule has 1 aliphatic heterocycles. The first-order valence-electron chi connectivity index (χ1n) is 9.09. The number of aliphatic hydroxyl groups is 1. The average Bonchev–Trinajstić information content (AvgIpc) is 2.69. The number of piperidine rings is 1. The van der Waals surface area contributed by atoms with Crippen molar-refractivity contribution in [3.8, 4) is 5.75 Å². The molecule has 1 unspecified atom stereocenters. The molecular weight excluding hydrogens is 364 g/mol. The fourth-order valence-electron chi connectivity index (χ4n) is 3.49. The molecule has 1 saturated heterocycles. The average molecular weight is 391 g/mol. The zero-order valence-corrected chi connectivity index (χ0v) is 16.7. The summed E-state index contributed by atoms with van der Waals surface area (Å²) in [5.74, 6) is 0.363. The van der Waals surface area contributed by atoms with E-state index in [-0.39, 0.29) is 10.8 Å². The van der Waals surface area contributed by atoms with Crippen LogP contribution >= 0.6 is 0 Å². The third-order valence-electron chi connectivity index (χ3n) is 5.33. The van der Waals surface area contributed by atoms with Crippen molar-refractivity contribution in [1.82, 2.24) is 9.29 Å². The summed E-state index contributed by atoms with van der Waals surface area (Å²) in [5, 5.41) is 10.6. The van der Waals surface area contributed by atoms with Crippen molar-refractivity contribution in [1.29, 1.82) is 0 Å². The number of sulfonamides is 1. The monoisotopic (exact) mass is 390 g/mol. The minimum atomic E-state index is -3.65. The molecule has 1 aliphatic rings. The maximum Gasteiger partial charge on any atom is 0.246 e. The second-order valence-electron chi connectivity index (χ2n) is 7.03. The van der Waals surface area contributed by atoms with Gasteiger partial charge in [-0.2, -0.15) is 4.31 Å². The van der Waals surface area contributed by atoms with Crippen molar-refractivity contribution in [2.24, 2.45) is 5.92 Å². The maximum absolute atomic E-state index is 13.1. The van der Waals surface area contributed by atoms with Gasteiger partial charge < -0.3 is 9.84 Å². The number of methoxy groups -OCH3 is 1. The van der Waals surface area contributed by atoms with Gasteiger partial charge in [0.2, 0.25) is 10.0 Å². The summed E-state index contributed by atoms with van der Waals surface area (Å²) in [5.41, 5.74) is 2.53. The number of hydrogen-bond acceptors (Lipinski definition) is 5. The van der Waals surface area contributed by atoms with Crippen LogP contribution in [0, 0.1) is 19.8 Å². The molecule has 0 bridgehead atoms. The van der Waals surface area contributed by atoms with Gasteiger partial charge in [-0.1, -0.05) is 6.07 Å². The van der Waals surface area contributed by atoms with E-state index in [9.17, 15) is 13.5 Å². The van der Waals surface area contributed by atoms with E-state index >= 15 is 0 Å². The fourth-order valence-corrected chi connectivity index (χ4v) is 5.18. The van der Waals surface area contributed by atoms with E-state index in [1.54, 1.807) is 24.4 Å². The molecule has 27 heavy (non-hydrogen) atoms. The van der Waals surface area contributed by atoms with Crippen LogP contribution in [0.5, 0.6) is 5.75 Å². The SMILES string of the molecule is COc1cc(C)c(C)cc1S(=O)(=O)N1CCC(C(O)c2ccccn2)CC1. The third kappa shape index (κ3) is 4.00. The lowest BCUT2D eigenvalue weighted by molar-refractivity contribution is 0.0726. The standard InChI is InChI=1S/C20H26N2O4S/c1-14-12-18(26-3)19(13-15(14)2)27(24,25)22-10-7-16(8-11-22)20(23)17-6-4-5-9-21-17/h4-6,9,12-13,16,20,23H,7-8,10-11H2,1-3H3. The summed E-state index contributed by atoms with van der Waals surface area (Å²) in [6, 6.07) is 8.89. The largest absolute Gasteiger partial charge is 0.495 e. The molecule has 1 aromatic carbocycles. The number of ether oxygens (including phenoxy) is 1. The molecule has 6 nitrogen and oxygen atoms in total. The number of pyridine rings is 1. The van der Waals surface area contributed by atoms with Crippen LogP contribution in [0.1, 0.15) is 35.8 Å². The van der Waals surface area contributed by atoms with Gasteiger partial charge in [0.05, 0.1) is 18.9 Å². The number of aliphatic hydroxyl groups excluding tert-OH is 1. The molecule has 0 amide bonds. The van der Waals surface area contributed by atoms with Gasteiger partial charge in [0.1, 0.15) is 10.6 Å². The van der Waals surface area contributed by atoms with Crippen molar-refractivity contribution in [3.05, 3.63) is 53.3 Å². The number of hydrogen-bond donors (Lipinski definition) is 1. The Balaban J connectivity index is 1.77. The smallest absolute Gasteiger partial charge is 0.246 e. The van der Waals surface area contributed by atoms with E-state index in [2.05, 4.69) is 4.98 Å². The molecular formula is C20H26N2O4S. The van der Waals surface area contributed by atoms with E-state index in [0.29, 0.717) is 37.4 Å². The maximum atomic E-state index is 13.1. The van der Waals surface area contributed by atoms with Gasteiger partial charge in [-0.25, -0.2) is 8.42 Å². The van der Waals surface area contributed by atoms with Crippen LogP contribution in [0.15, 0.2) is 41.4 Å². The summed E-state index contributed by atoms with van der Waals surface area (Å²) < 4.78 is 33.1. The van der Waals surface area contributed by atoms with Crippen molar-refractivity contribution < 1.29 is 18.3 Å². The van der Waals surface area contributed by atoms with E-state index in [4.69, 9.17) is 4.74 Å². The highest BCUT2D eigenvalue weighted by atomic mass is 32.2. The van der Waals surface area contributed by atoms with Crippen LogP contribution in [0.3, 0.4) is 0 Å². The summed E-state index contributed by atoms with van der Waals surface area (Å²) in [6.07, 6.45) is 2.16. The first-order chi connectivity index (χ1) is 12.8. The van der Waals surface area contributed by atoms with Gasteiger partial charge in [0, 0.05) is 19.3 Å². The van der Waals surface area contributed by atoms with Gasteiger partial charge in [-0.05, 0) is 68.0 Å². The normalized spacial score (nSPS) is 17.6. The van der Waals surface area contributed by atoms with Crippen molar-refractivity contribution in [2.45, 2.75) is 37.7 Å². The predicted molar refractivity (Wildman–Crippen MR) is 103 cm³/mol. The van der Waals surface area contributed by atoms with E-state index in [1.165, 1.54) is 11.4 Å². The van der Waals surface area contributed by atoms with Gasteiger partial charge in [0.15, 0.2) is 0 Å². The Bertz CT molecular complexity index is 892. The van der Waals surface area contributed by atoms with Gasteiger partial charge in [-0.3, -0.25) is 4.98 Å². The lowest BCUT2D eigenvalue weighted by atomic mass is 9.90. The van der Waals surface area contributed by atoms with E-state index in [1.807, 2.05) is 26.0 Å². The number of benzene rings is 1. The molecule has 146 valence electrons. The van der Waals surface area contributed by atoms with Crippen LogP contribution in [-0.4, -0.2) is 43.0 Å². The highest BCUT2D eigenvalue weighted by Crippen LogP contribution is 2.34. The number of nitrogens with zero attached hydrogens (tertiary/aromatic N) is 2. The van der Waals surface area contributed by atoms with Crippen LogP contribution in [0.2, 0.25) is 0 Å². The lowest BCUT2D eigenvalue weighted by Gasteiger charge is -2.33. The third-order valence-corrected chi connectivity index (χ3v) is 7.25. The minimum absolute atomic E-state index is 0.00648. The van der Waals surface area contributed by atoms with Gasteiger partial charge >= 0.3 is 0 Å². The number of aryl methyl sites for hydroxylation is 2. The summed E-state index contributed by atoms with van der Waals surface area (Å²) in [7, 11) is -2.16. The highest BCUT2D eigenvalue weighted by molar-refractivity contribution is 7.89. The van der Waals surface area contributed by atoms with Crippen LogP contribution in [0.4, 0.5) is 0 Å². The first kappa shape index (κ1) is 19.8. The van der Waals surface area contributed by atoms with Crippen LogP contribution in [-0.2, 0) is 10.0 Å². The number of aromatic nitrogens is 1.